The minimum absolute atomic E-state index is 0.0438. The zero-order chi connectivity index (χ0) is 27.0. The molecule has 2 heterocycles. The molecule has 5 unspecified atom stereocenters. The predicted molar refractivity (Wildman–Crippen MR) is 135 cm³/mol. The third kappa shape index (κ3) is 7.51. The van der Waals surface area contributed by atoms with Crippen molar-refractivity contribution in [3.05, 3.63) is 24.3 Å². The third-order valence-corrected chi connectivity index (χ3v) is 6.98. The number of carbonyl (C=O) groups is 5. The van der Waals surface area contributed by atoms with Crippen molar-refractivity contribution in [2.24, 2.45) is 29.6 Å². The highest BCUT2D eigenvalue weighted by atomic mass is 16.2. The largest absolute Gasteiger partial charge is 0.341 e. The Morgan fingerprint density at radius 2 is 1.81 bits per heavy atom. The number of nitrogens with zero attached hydrogens (tertiary/aromatic N) is 3. The van der Waals surface area contributed by atoms with Crippen molar-refractivity contribution in [1.29, 1.82) is 0 Å². The molecule has 1 aromatic heterocycles. The maximum Gasteiger partial charge on any atom is 0.272 e. The minimum atomic E-state index is -0.790. The summed E-state index contributed by atoms with van der Waals surface area (Å²) < 4.78 is 0. The molecule has 1 saturated heterocycles. The van der Waals surface area contributed by atoms with Crippen molar-refractivity contribution in [3.8, 4) is 0 Å². The molecule has 0 radical (unpaired) electrons. The summed E-state index contributed by atoms with van der Waals surface area (Å²) in [6.45, 7) is 11.7. The smallest absolute Gasteiger partial charge is 0.272 e. The van der Waals surface area contributed by atoms with Crippen LogP contribution in [-0.2, 0) is 19.2 Å². The van der Waals surface area contributed by atoms with E-state index in [-0.39, 0.29) is 59.7 Å². The molecule has 5 atom stereocenters. The second-order valence-electron chi connectivity index (χ2n) is 10.6. The van der Waals surface area contributed by atoms with Gasteiger partial charge in [-0.1, -0.05) is 41.5 Å². The van der Waals surface area contributed by atoms with Crippen molar-refractivity contribution in [1.82, 2.24) is 20.2 Å². The molecule has 0 saturated carbocycles. The lowest BCUT2D eigenvalue weighted by atomic mass is 9.85. The molecule has 1 N–H and O–H groups in total. The van der Waals surface area contributed by atoms with Gasteiger partial charge in [-0.3, -0.25) is 24.2 Å². The van der Waals surface area contributed by atoms with Crippen molar-refractivity contribution in [3.63, 3.8) is 0 Å². The monoisotopic (exact) mass is 500 g/mol. The first kappa shape index (κ1) is 29.3. The number of amides is 2. The van der Waals surface area contributed by atoms with Gasteiger partial charge in [0.05, 0.1) is 18.3 Å². The molecule has 1 aromatic rings. The van der Waals surface area contributed by atoms with Gasteiger partial charge in [0.1, 0.15) is 12.0 Å². The Kier molecular flexibility index (Phi) is 10.9. The zero-order valence-corrected chi connectivity index (χ0v) is 22.3. The van der Waals surface area contributed by atoms with Crippen LogP contribution in [0.5, 0.6) is 0 Å². The van der Waals surface area contributed by atoms with Gasteiger partial charge < -0.3 is 15.0 Å². The molecule has 2 rings (SSSR count). The van der Waals surface area contributed by atoms with Crippen molar-refractivity contribution in [2.45, 2.75) is 79.3 Å². The van der Waals surface area contributed by atoms with E-state index in [0.29, 0.717) is 19.4 Å². The van der Waals surface area contributed by atoms with Crippen LogP contribution in [0.15, 0.2) is 18.6 Å². The molecule has 0 spiro atoms. The number of rotatable bonds is 13. The quantitative estimate of drug-likeness (QED) is 0.413. The molecule has 0 aliphatic carbocycles. The fraction of sp³-hybridized carbons (Fsp3) is 0.667. The molecule has 9 heteroatoms. The van der Waals surface area contributed by atoms with Crippen molar-refractivity contribution in [2.75, 3.05) is 6.54 Å². The number of aromatic nitrogens is 2. The SMILES string of the molecule is CCC(C=O)CC(=O)C1CC(C)CN1C(=O)C(CC(=O)C(NC(=O)c1cnccn1)C(C)C)C(C)C. The van der Waals surface area contributed by atoms with Gasteiger partial charge in [-0.2, -0.15) is 0 Å². The molecule has 36 heavy (non-hydrogen) atoms. The summed E-state index contributed by atoms with van der Waals surface area (Å²) in [5, 5.41) is 2.75. The Balaban J connectivity index is 2.18. The maximum absolute atomic E-state index is 13.7. The Labute approximate surface area is 213 Å². The first-order valence-corrected chi connectivity index (χ1v) is 12.9. The van der Waals surface area contributed by atoms with E-state index >= 15 is 0 Å². The summed E-state index contributed by atoms with van der Waals surface area (Å²) in [6, 6.07) is -1.36. The Morgan fingerprint density at radius 3 is 2.33 bits per heavy atom. The number of hydrogen-bond acceptors (Lipinski definition) is 7. The fourth-order valence-electron chi connectivity index (χ4n) is 4.69. The van der Waals surface area contributed by atoms with Crippen LogP contribution >= 0.6 is 0 Å². The number of carbonyl (C=O) groups excluding carboxylic acids is 5. The van der Waals surface area contributed by atoms with E-state index in [2.05, 4.69) is 15.3 Å². The van der Waals surface area contributed by atoms with Crippen LogP contribution in [0.4, 0.5) is 0 Å². The molecule has 2 amide bonds. The standard InChI is InChI=1S/C27H40N4O5/c1-7-19(15-32)11-23(33)22-10-18(6)14-31(22)27(36)20(16(2)3)12-24(34)25(17(4)5)30-26(35)21-13-28-8-9-29-21/h8-9,13,15-20,22,25H,7,10-12,14H2,1-6H3,(H,30,35). The number of Topliss-reactive ketones (excluding diaryl/α,β-unsaturated/α-hetero) is 2. The van der Waals surface area contributed by atoms with E-state index in [0.717, 1.165) is 6.29 Å². The van der Waals surface area contributed by atoms with E-state index < -0.39 is 23.9 Å². The Bertz CT molecular complexity index is 933. The number of nitrogens with one attached hydrogen (secondary N) is 1. The lowest BCUT2D eigenvalue weighted by molar-refractivity contribution is -0.144. The lowest BCUT2D eigenvalue weighted by Gasteiger charge is -2.31. The van der Waals surface area contributed by atoms with Crippen LogP contribution in [-0.4, -0.2) is 63.2 Å². The van der Waals surface area contributed by atoms with Gasteiger partial charge in [-0.05, 0) is 30.6 Å². The van der Waals surface area contributed by atoms with Crippen LogP contribution in [0.3, 0.4) is 0 Å². The molecule has 0 bridgehead atoms. The van der Waals surface area contributed by atoms with E-state index in [1.54, 1.807) is 4.90 Å². The summed E-state index contributed by atoms with van der Waals surface area (Å²) in [4.78, 5) is 73.4. The van der Waals surface area contributed by atoms with Crippen molar-refractivity contribution < 1.29 is 24.0 Å². The van der Waals surface area contributed by atoms with E-state index in [4.69, 9.17) is 0 Å². The third-order valence-electron chi connectivity index (χ3n) is 6.98. The topological polar surface area (TPSA) is 126 Å². The van der Waals surface area contributed by atoms with Crippen LogP contribution in [0.1, 0.15) is 77.7 Å². The van der Waals surface area contributed by atoms with Gasteiger partial charge >= 0.3 is 0 Å². The molecule has 9 nitrogen and oxygen atoms in total. The van der Waals surface area contributed by atoms with Gasteiger partial charge in [0.25, 0.3) is 5.91 Å². The van der Waals surface area contributed by atoms with Crippen LogP contribution in [0, 0.1) is 29.6 Å². The Hall–Kier alpha value is -2.97. The molecule has 1 fully saturated rings. The highest BCUT2D eigenvalue weighted by molar-refractivity contribution is 5.98. The highest BCUT2D eigenvalue weighted by Gasteiger charge is 2.42. The van der Waals surface area contributed by atoms with Gasteiger partial charge in [0.2, 0.25) is 5.91 Å². The molecule has 198 valence electrons. The highest BCUT2D eigenvalue weighted by Crippen LogP contribution is 2.30. The number of aldehydes is 1. The van der Waals surface area contributed by atoms with E-state index in [1.807, 2.05) is 41.5 Å². The minimum Gasteiger partial charge on any atom is -0.341 e. The van der Waals surface area contributed by atoms with Gasteiger partial charge in [-0.25, -0.2) is 4.98 Å². The fourth-order valence-corrected chi connectivity index (χ4v) is 4.69. The molecule has 0 aromatic carbocycles. The zero-order valence-electron chi connectivity index (χ0n) is 22.3. The lowest BCUT2D eigenvalue weighted by Crippen LogP contribution is -2.48. The first-order chi connectivity index (χ1) is 17.0. The van der Waals surface area contributed by atoms with Crippen LogP contribution in [0.25, 0.3) is 0 Å². The van der Waals surface area contributed by atoms with Crippen molar-refractivity contribution >= 4 is 29.7 Å². The molecular formula is C27H40N4O5. The van der Waals surface area contributed by atoms with Crippen LogP contribution in [0.2, 0.25) is 0 Å². The van der Waals surface area contributed by atoms with E-state index in [1.165, 1.54) is 18.6 Å². The molecule has 1 aliphatic heterocycles. The van der Waals surface area contributed by atoms with Gasteiger partial charge in [-0.15, -0.1) is 0 Å². The van der Waals surface area contributed by atoms with Crippen LogP contribution < -0.4 is 5.32 Å². The number of hydrogen-bond donors (Lipinski definition) is 1. The summed E-state index contributed by atoms with van der Waals surface area (Å²) in [5.74, 6) is -2.22. The summed E-state index contributed by atoms with van der Waals surface area (Å²) >= 11 is 0. The van der Waals surface area contributed by atoms with Gasteiger partial charge in [0.15, 0.2) is 11.6 Å². The second kappa shape index (κ2) is 13.4. The average molecular weight is 501 g/mol. The number of ketones is 2. The predicted octanol–water partition coefficient (Wildman–Crippen LogP) is 2.88. The number of likely N-dealkylation sites (tertiary alicyclic amines) is 1. The molecular weight excluding hydrogens is 460 g/mol. The average Bonchev–Trinajstić information content (AvgIpc) is 3.25. The summed E-state index contributed by atoms with van der Waals surface area (Å²) in [5.41, 5.74) is 0.112. The normalized spacial score (nSPS) is 20.2. The first-order valence-electron chi connectivity index (χ1n) is 12.9. The van der Waals surface area contributed by atoms with E-state index in [9.17, 15) is 24.0 Å². The molecule has 1 aliphatic rings. The summed E-state index contributed by atoms with van der Waals surface area (Å²) in [6.07, 6.45) is 6.21. The Morgan fingerprint density at radius 1 is 1.11 bits per heavy atom. The maximum atomic E-state index is 13.7. The summed E-state index contributed by atoms with van der Waals surface area (Å²) in [7, 11) is 0. The van der Waals surface area contributed by atoms with Gasteiger partial charge in [0, 0.05) is 43.6 Å². The second-order valence-corrected chi connectivity index (χ2v) is 10.6.